The van der Waals surface area contributed by atoms with E-state index in [-0.39, 0.29) is 17.3 Å². The second-order valence-electron chi connectivity index (χ2n) is 4.60. The Morgan fingerprint density at radius 3 is 2.62 bits per heavy atom. The van der Waals surface area contributed by atoms with Gasteiger partial charge < -0.3 is 10.6 Å². The van der Waals surface area contributed by atoms with Crippen molar-refractivity contribution in [2.45, 2.75) is 31.2 Å². The first-order chi connectivity index (χ1) is 10.0. The number of rotatable bonds is 5. The number of amides is 1. The molecule has 1 aliphatic rings. The minimum atomic E-state index is -3.77. The van der Waals surface area contributed by atoms with Gasteiger partial charge in [-0.25, -0.2) is 18.4 Å². The number of hydrogen-bond donors (Lipinski definition) is 2. The van der Waals surface area contributed by atoms with Crippen LogP contribution in [-0.2, 0) is 14.8 Å². The van der Waals surface area contributed by atoms with Gasteiger partial charge in [0.05, 0.1) is 12.4 Å². The third-order valence-electron chi connectivity index (χ3n) is 3.24. The summed E-state index contributed by atoms with van der Waals surface area (Å²) in [6, 6.07) is -0.683. The van der Waals surface area contributed by atoms with Crippen LogP contribution in [0.15, 0.2) is 17.3 Å². The lowest BCUT2D eigenvalue weighted by Crippen LogP contribution is -2.56. The van der Waals surface area contributed by atoms with E-state index in [2.05, 4.69) is 20.6 Å². The molecule has 0 radical (unpaired) electrons. The molecule has 9 heteroatoms. The maximum Gasteiger partial charge on any atom is 0.246 e. The molecule has 0 saturated carbocycles. The average molecular weight is 313 g/mol. The van der Waals surface area contributed by atoms with Gasteiger partial charge in [0.1, 0.15) is 10.9 Å². The predicted octanol–water partition coefficient (Wildman–Crippen LogP) is -0.192. The van der Waals surface area contributed by atoms with E-state index >= 15 is 0 Å². The number of carbonyl (C=O) groups excluding carboxylic acids is 1. The molecule has 0 aliphatic carbocycles. The highest BCUT2D eigenvalue weighted by molar-refractivity contribution is 7.89. The van der Waals surface area contributed by atoms with Gasteiger partial charge in [0.15, 0.2) is 0 Å². The first-order valence-corrected chi connectivity index (χ1v) is 8.30. The number of carbonyl (C=O) groups is 1. The van der Waals surface area contributed by atoms with Crippen LogP contribution in [-0.4, -0.2) is 54.3 Å². The quantitative estimate of drug-likeness (QED) is 0.780. The Balaban J connectivity index is 2.29. The molecule has 1 atom stereocenters. The first-order valence-electron chi connectivity index (χ1n) is 6.86. The summed E-state index contributed by atoms with van der Waals surface area (Å²) >= 11 is 0. The van der Waals surface area contributed by atoms with Gasteiger partial charge in [-0.3, -0.25) is 4.79 Å². The van der Waals surface area contributed by atoms with Gasteiger partial charge in [0, 0.05) is 19.6 Å². The Bertz CT molecular complexity index is 602. The van der Waals surface area contributed by atoms with Gasteiger partial charge in [-0.1, -0.05) is 6.92 Å². The fourth-order valence-electron chi connectivity index (χ4n) is 2.20. The van der Waals surface area contributed by atoms with Gasteiger partial charge in [0.25, 0.3) is 0 Å². The molecule has 2 heterocycles. The predicted molar refractivity (Wildman–Crippen MR) is 77.2 cm³/mol. The highest BCUT2D eigenvalue weighted by Gasteiger charge is 2.37. The Kier molecular flexibility index (Phi) is 4.73. The standard InChI is InChI=1S/C12H19N5O3S/c1-3-10-11(18)14-5-6-17(10)21(19,20)9-7-15-12(13-4-2)16-8-9/h7-8,10H,3-6H2,1-2H3,(H,14,18)(H,13,15,16). The second kappa shape index (κ2) is 6.35. The lowest BCUT2D eigenvalue weighted by atomic mass is 10.2. The summed E-state index contributed by atoms with van der Waals surface area (Å²) in [4.78, 5) is 19.7. The van der Waals surface area contributed by atoms with E-state index < -0.39 is 16.1 Å². The fraction of sp³-hybridized carbons (Fsp3) is 0.583. The molecule has 2 N–H and O–H groups in total. The second-order valence-corrected chi connectivity index (χ2v) is 6.49. The molecule has 1 aliphatic heterocycles. The first kappa shape index (κ1) is 15.6. The largest absolute Gasteiger partial charge is 0.355 e. The van der Waals surface area contributed by atoms with E-state index in [1.54, 1.807) is 6.92 Å². The molecule has 1 amide bonds. The summed E-state index contributed by atoms with van der Waals surface area (Å²) in [5, 5.41) is 5.57. The topological polar surface area (TPSA) is 104 Å². The van der Waals surface area contributed by atoms with Crippen LogP contribution >= 0.6 is 0 Å². The average Bonchev–Trinajstić information content (AvgIpc) is 2.48. The minimum absolute atomic E-state index is 0.00250. The van der Waals surface area contributed by atoms with E-state index in [0.29, 0.717) is 25.5 Å². The maximum absolute atomic E-state index is 12.6. The number of piperazine rings is 1. The molecule has 1 unspecified atom stereocenters. The van der Waals surface area contributed by atoms with E-state index in [1.165, 1.54) is 16.7 Å². The lowest BCUT2D eigenvalue weighted by Gasteiger charge is -2.33. The summed E-state index contributed by atoms with van der Waals surface area (Å²) in [5.74, 6) is 0.109. The van der Waals surface area contributed by atoms with Crippen molar-refractivity contribution in [1.82, 2.24) is 19.6 Å². The van der Waals surface area contributed by atoms with E-state index in [0.717, 1.165) is 0 Å². The molecule has 0 spiro atoms. The fourth-order valence-corrected chi connectivity index (χ4v) is 3.76. The van der Waals surface area contributed by atoms with Crippen molar-refractivity contribution in [2.75, 3.05) is 25.0 Å². The Morgan fingerprint density at radius 2 is 2.05 bits per heavy atom. The highest BCUT2D eigenvalue weighted by atomic mass is 32.2. The van der Waals surface area contributed by atoms with Gasteiger partial charge in [-0.2, -0.15) is 4.31 Å². The van der Waals surface area contributed by atoms with E-state index in [1.807, 2.05) is 6.92 Å². The minimum Gasteiger partial charge on any atom is -0.355 e. The molecular weight excluding hydrogens is 294 g/mol. The highest BCUT2D eigenvalue weighted by Crippen LogP contribution is 2.20. The normalized spacial score (nSPS) is 20.1. The molecule has 8 nitrogen and oxygen atoms in total. The SMILES string of the molecule is CCNc1ncc(S(=O)(=O)N2CCNC(=O)C2CC)cn1. The molecular formula is C12H19N5O3S. The van der Waals surface area contributed by atoms with Gasteiger partial charge in [0.2, 0.25) is 21.9 Å². The van der Waals surface area contributed by atoms with Crippen molar-refractivity contribution < 1.29 is 13.2 Å². The Hall–Kier alpha value is -1.74. The van der Waals surface area contributed by atoms with Crippen molar-refractivity contribution in [2.24, 2.45) is 0 Å². The summed E-state index contributed by atoms with van der Waals surface area (Å²) in [5.41, 5.74) is 0. The molecule has 0 aromatic carbocycles. The van der Waals surface area contributed by atoms with Crippen LogP contribution in [0.25, 0.3) is 0 Å². The summed E-state index contributed by atoms with van der Waals surface area (Å²) in [7, 11) is -3.77. The van der Waals surface area contributed by atoms with Crippen LogP contribution in [0.4, 0.5) is 5.95 Å². The maximum atomic E-state index is 12.6. The number of nitrogens with zero attached hydrogens (tertiary/aromatic N) is 3. The molecule has 2 rings (SSSR count). The molecule has 21 heavy (non-hydrogen) atoms. The number of aromatic nitrogens is 2. The van der Waals surface area contributed by atoms with Gasteiger partial charge in [-0.15, -0.1) is 0 Å². The number of sulfonamides is 1. The van der Waals surface area contributed by atoms with Crippen molar-refractivity contribution in [3.05, 3.63) is 12.4 Å². The van der Waals surface area contributed by atoms with Crippen LogP contribution in [0.5, 0.6) is 0 Å². The Labute approximate surface area is 124 Å². The van der Waals surface area contributed by atoms with Crippen LogP contribution in [0.2, 0.25) is 0 Å². The summed E-state index contributed by atoms with van der Waals surface area (Å²) in [6.07, 6.45) is 2.94. The summed E-state index contributed by atoms with van der Waals surface area (Å²) < 4.78 is 26.5. The van der Waals surface area contributed by atoms with Crippen LogP contribution in [0, 0.1) is 0 Å². The van der Waals surface area contributed by atoms with Crippen molar-refractivity contribution >= 4 is 21.9 Å². The number of anilines is 1. The smallest absolute Gasteiger partial charge is 0.246 e. The zero-order valence-corrected chi connectivity index (χ0v) is 12.9. The lowest BCUT2D eigenvalue weighted by molar-refractivity contribution is -0.126. The third-order valence-corrected chi connectivity index (χ3v) is 5.10. The van der Waals surface area contributed by atoms with Crippen molar-refractivity contribution in [1.29, 1.82) is 0 Å². The van der Waals surface area contributed by atoms with Crippen LogP contribution in [0.3, 0.4) is 0 Å². The van der Waals surface area contributed by atoms with Gasteiger partial charge >= 0.3 is 0 Å². The third kappa shape index (κ3) is 3.13. The Morgan fingerprint density at radius 1 is 1.38 bits per heavy atom. The van der Waals surface area contributed by atoms with Crippen LogP contribution in [0.1, 0.15) is 20.3 Å². The molecule has 1 fully saturated rings. The molecule has 1 aromatic heterocycles. The van der Waals surface area contributed by atoms with E-state index in [4.69, 9.17) is 0 Å². The molecule has 0 bridgehead atoms. The zero-order chi connectivity index (χ0) is 15.5. The van der Waals surface area contributed by atoms with Crippen LogP contribution < -0.4 is 10.6 Å². The molecule has 1 aromatic rings. The summed E-state index contributed by atoms with van der Waals surface area (Å²) in [6.45, 7) is 4.89. The van der Waals surface area contributed by atoms with Crippen molar-refractivity contribution in [3.63, 3.8) is 0 Å². The number of hydrogen-bond acceptors (Lipinski definition) is 6. The number of nitrogens with one attached hydrogen (secondary N) is 2. The van der Waals surface area contributed by atoms with Crippen molar-refractivity contribution in [3.8, 4) is 0 Å². The molecule has 116 valence electrons. The zero-order valence-electron chi connectivity index (χ0n) is 12.0. The van der Waals surface area contributed by atoms with Gasteiger partial charge in [-0.05, 0) is 13.3 Å². The molecule has 1 saturated heterocycles. The van der Waals surface area contributed by atoms with E-state index in [9.17, 15) is 13.2 Å². The monoisotopic (exact) mass is 313 g/mol.